The highest BCUT2D eigenvalue weighted by Crippen LogP contribution is 1.99. The third-order valence-corrected chi connectivity index (χ3v) is 3.57. The fourth-order valence-electron chi connectivity index (χ4n) is 1.07. The zero-order valence-electron chi connectivity index (χ0n) is 8.99. The molecule has 0 fully saturated rings. The number of rotatable bonds is 8. The van der Waals surface area contributed by atoms with Gasteiger partial charge < -0.3 is 5.73 Å². The number of hydrogen-bond donors (Lipinski definition) is 2. The van der Waals surface area contributed by atoms with Crippen LogP contribution in [0, 0.1) is 0 Å². The molecule has 14 heavy (non-hydrogen) atoms. The van der Waals surface area contributed by atoms with Gasteiger partial charge in [-0.15, -0.1) is 0 Å². The summed E-state index contributed by atoms with van der Waals surface area (Å²) in [6, 6.07) is 0. The molecule has 0 aliphatic heterocycles. The fraction of sp³-hybridized carbons (Fsp3) is 1.00. The quantitative estimate of drug-likeness (QED) is 0.564. The van der Waals surface area contributed by atoms with Gasteiger partial charge in [-0.1, -0.05) is 13.3 Å². The molecule has 0 aromatic rings. The number of nitrogens with one attached hydrogen (secondary N) is 1. The monoisotopic (exact) mass is 223 g/mol. The average molecular weight is 223 g/mol. The molecule has 6 heteroatoms. The maximum Gasteiger partial charge on any atom is 0.279 e. The van der Waals surface area contributed by atoms with Gasteiger partial charge in [0.2, 0.25) is 0 Å². The van der Waals surface area contributed by atoms with Crippen LogP contribution in [0.15, 0.2) is 0 Å². The van der Waals surface area contributed by atoms with Crippen LogP contribution in [-0.4, -0.2) is 39.4 Å². The molecule has 0 heterocycles. The van der Waals surface area contributed by atoms with Crippen molar-refractivity contribution in [3.8, 4) is 0 Å². The summed E-state index contributed by atoms with van der Waals surface area (Å²) in [5, 5.41) is 0. The standard InChI is InChI=1S/C8H21N3O2S/c1-3-10-14(12,13)11(2)8-6-4-5-7-9/h10H,3-9H2,1-2H3. The Kier molecular flexibility index (Phi) is 7.08. The molecule has 0 atom stereocenters. The van der Waals surface area contributed by atoms with Crippen LogP contribution in [0.1, 0.15) is 26.2 Å². The molecule has 0 aliphatic rings. The van der Waals surface area contributed by atoms with E-state index in [0.717, 1.165) is 19.3 Å². The second kappa shape index (κ2) is 7.17. The van der Waals surface area contributed by atoms with Crippen LogP contribution >= 0.6 is 0 Å². The summed E-state index contributed by atoms with van der Waals surface area (Å²) >= 11 is 0. The van der Waals surface area contributed by atoms with Crippen LogP contribution < -0.4 is 10.5 Å². The molecule has 5 nitrogen and oxygen atoms in total. The molecular weight excluding hydrogens is 202 g/mol. The van der Waals surface area contributed by atoms with Crippen LogP contribution in [0.25, 0.3) is 0 Å². The molecule has 0 aromatic carbocycles. The lowest BCUT2D eigenvalue weighted by molar-refractivity contribution is 0.444. The summed E-state index contributed by atoms with van der Waals surface area (Å²) in [6.45, 7) is 3.41. The van der Waals surface area contributed by atoms with E-state index < -0.39 is 10.2 Å². The van der Waals surface area contributed by atoms with Crippen molar-refractivity contribution >= 4 is 10.2 Å². The highest BCUT2D eigenvalue weighted by Gasteiger charge is 2.14. The van der Waals surface area contributed by atoms with Gasteiger partial charge in [0, 0.05) is 20.1 Å². The second-order valence-corrected chi connectivity index (χ2v) is 5.04. The summed E-state index contributed by atoms with van der Waals surface area (Å²) < 4.78 is 26.5. The van der Waals surface area contributed by atoms with Crippen molar-refractivity contribution in [3.63, 3.8) is 0 Å². The van der Waals surface area contributed by atoms with E-state index in [1.54, 1.807) is 14.0 Å². The SMILES string of the molecule is CCNS(=O)(=O)N(C)CCCCCN. The van der Waals surface area contributed by atoms with Crippen molar-refractivity contribution in [3.05, 3.63) is 0 Å². The molecule has 86 valence electrons. The van der Waals surface area contributed by atoms with E-state index in [2.05, 4.69) is 4.72 Å². The Labute approximate surface area is 86.8 Å². The molecule has 0 rings (SSSR count). The van der Waals surface area contributed by atoms with Crippen molar-refractivity contribution in [1.29, 1.82) is 0 Å². The zero-order valence-corrected chi connectivity index (χ0v) is 9.81. The molecule has 0 saturated carbocycles. The molecule has 3 N–H and O–H groups in total. The maximum atomic E-state index is 11.4. The number of unbranched alkanes of at least 4 members (excludes halogenated alkanes) is 2. The third-order valence-electron chi connectivity index (χ3n) is 1.91. The van der Waals surface area contributed by atoms with E-state index in [1.807, 2.05) is 0 Å². The Hall–Kier alpha value is -0.170. The predicted octanol–water partition coefficient (Wildman–Crippen LogP) is -0.0985. The van der Waals surface area contributed by atoms with Crippen LogP contribution in [0.2, 0.25) is 0 Å². The van der Waals surface area contributed by atoms with Gasteiger partial charge in [-0.25, -0.2) is 4.72 Å². The van der Waals surface area contributed by atoms with Gasteiger partial charge in [-0.3, -0.25) is 0 Å². The van der Waals surface area contributed by atoms with Crippen molar-refractivity contribution in [2.24, 2.45) is 5.73 Å². The van der Waals surface area contributed by atoms with Gasteiger partial charge in [-0.05, 0) is 19.4 Å². The summed E-state index contributed by atoms with van der Waals surface area (Å²) in [6.07, 6.45) is 2.79. The Bertz CT molecular complexity index is 229. The highest BCUT2D eigenvalue weighted by molar-refractivity contribution is 7.87. The van der Waals surface area contributed by atoms with E-state index >= 15 is 0 Å². The third kappa shape index (κ3) is 5.54. The summed E-state index contributed by atoms with van der Waals surface area (Å²) in [5.41, 5.74) is 5.33. The highest BCUT2D eigenvalue weighted by atomic mass is 32.2. The number of nitrogens with zero attached hydrogens (tertiary/aromatic N) is 1. The molecule has 0 bridgehead atoms. The normalized spacial score (nSPS) is 12.3. The molecule has 0 saturated heterocycles. The van der Waals surface area contributed by atoms with Crippen molar-refractivity contribution in [2.45, 2.75) is 26.2 Å². The Balaban J connectivity index is 3.78. The van der Waals surface area contributed by atoms with Crippen LogP contribution in [0.3, 0.4) is 0 Å². The summed E-state index contributed by atoms with van der Waals surface area (Å²) in [7, 11) is -1.66. The van der Waals surface area contributed by atoms with Gasteiger partial charge in [0.15, 0.2) is 0 Å². The van der Waals surface area contributed by atoms with Crippen molar-refractivity contribution in [1.82, 2.24) is 9.03 Å². The van der Waals surface area contributed by atoms with Crippen LogP contribution in [0.4, 0.5) is 0 Å². The van der Waals surface area contributed by atoms with Gasteiger partial charge >= 0.3 is 0 Å². The Morgan fingerprint density at radius 3 is 2.43 bits per heavy atom. The molecule has 0 amide bonds. The van der Waals surface area contributed by atoms with Crippen LogP contribution in [-0.2, 0) is 10.2 Å². The van der Waals surface area contributed by atoms with E-state index in [-0.39, 0.29) is 0 Å². The number of nitrogens with two attached hydrogens (primary N) is 1. The first-order chi connectivity index (χ1) is 6.54. The average Bonchev–Trinajstić information content (AvgIpc) is 2.12. The van der Waals surface area contributed by atoms with Gasteiger partial charge in [0.05, 0.1) is 0 Å². The smallest absolute Gasteiger partial charge is 0.279 e. The van der Waals surface area contributed by atoms with Crippen molar-refractivity contribution in [2.75, 3.05) is 26.7 Å². The second-order valence-electron chi connectivity index (χ2n) is 3.17. The van der Waals surface area contributed by atoms with Crippen LogP contribution in [0.5, 0.6) is 0 Å². The summed E-state index contributed by atoms with van der Waals surface area (Å²) in [5.74, 6) is 0. The first-order valence-electron chi connectivity index (χ1n) is 4.95. The first-order valence-corrected chi connectivity index (χ1v) is 6.39. The molecule has 0 unspecified atom stereocenters. The van der Waals surface area contributed by atoms with Crippen molar-refractivity contribution < 1.29 is 8.42 Å². The number of hydrogen-bond acceptors (Lipinski definition) is 3. The van der Waals surface area contributed by atoms with E-state index in [1.165, 1.54) is 4.31 Å². The zero-order chi connectivity index (χ0) is 11.0. The minimum atomic E-state index is -3.25. The maximum absolute atomic E-state index is 11.4. The minimum absolute atomic E-state index is 0.426. The summed E-state index contributed by atoms with van der Waals surface area (Å²) in [4.78, 5) is 0. The van der Waals surface area contributed by atoms with Gasteiger partial charge in [0.1, 0.15) is 0 Å². The van der Waals surface area contributed by atoms with Gasteiger partial charge in [-0.2, -0.15) is 12.7 Å². The van der Waals surface area contributed by atoms with Gasteiger partial charge in [0.25, 0.3) is 10.2 Å². The lowest BCUT2D eigenvalue weighted by Crippen LogP contribution is -2.38. The largest absolute Gasteiger partial charge is 0.330 e. The lowest BCUT2D eigenvalue weighted by Gasteiger charge is -2.16. The molecule has 0 radical (unpaired) electrons. The minimum Gasteiger partial charge on any atom is -0.330 e. The molecule has 0 spiro atoms. The topological polar surface area (TPSA) is 75.4 Å². The lowest BCUT2D eigenvalue weighted by atomic mass is 10.2. The predicted molar refractivity (Wildman–Crippen MR) is 58.1 cm³/mol. The molecule has 0 aliphatic carbocycles. The first kappa shape index (κ1) is 13.8. The van der Waals surface area contributed by atoms with E-state index in [9.17, 15) is 8.42 Å². The fourth-order valence-corrected chi connectivity index (χ4v) is 2.02. The van der Waals surface area contributed by atoms with E-state index in [4.69, 9.17) is 5.73 Å². The molecule has 0 aromatic heterocycles. The Morgan fingerprint density at radius 1 is 1.29 bits per heavy atom. The van der Waals surface area contributed by atoms with E-state index in [0.29, 0.717) is 19.6 Å². The molecular formula is C8H21N3O2S. The Morgan fingerprint density at radius 2 is 1.93 bits per heavy atom.